The summed E-state index contributed by atoms with van der Waals surface area (Å²) in [7, 11) is 0. The molecular weight excluding hydrogens is 386 g/mol. The average molecular weight is 410 g/mol. The molecule has 0 unspecified atom stereocenters. The molecule has 3 aromatic rings. The fraction of sp³-hybridized carbons (Fsp3) is 0.208. The lowest BCUT2D eigenvalue weighted by molar-refractivity contribution is -0.132. The van der Waals surface area contributed by atoms with Crippen LogP contribution in [0.2, 0.25) is 5.02 Å². The van der Waals surface area contributed by atoms with Crippen LogP contribution in [-0.4, -0.2) is 16.6 Å². The standard InChI is InChI=1S/C24H24ClNOS/c25-22-13-15-23(16-14-22)28-17-7-12-24(27)26(18-20-8-3-1-4-9-20)19-21-10-5-2-6-11-21/h1-6,8-11,13-16H,7,12,17-19H2. The SMILES string of the molecule is O=C(CCCSc1ccc(Cl)cc1)N(Cc1ccccc1)Cc1ccccc1. The van der Waals surface area contributed by atoms with Crippen molar-refractivity contribution in [3.63, 3.8) is 0 Å². The zero-order valence-corrected chi connectivity index (χ0v) is 17.3. The number of carbonyl (C=O) groups is 1. The number of hydrogen-bond donors (Lipinski definition) is 0. The predicted octanol–water partition coefficient (Wildman–Crippen LogP) is 6.44. The van der Waals surface area contributed by atoms with Gasteiger partial charge in [-0.1, -0.05) is 72.3 Å². The molecule has 3 aromatic carbocycles. The molecule has 0 saturated carbocycles. The quantitative estimate of drug-likeness (QED) is 0.299. The van der Waals surface area contributed by atoms with Crippen molar-refractivity contribution < 1.29 is 4.79 Å². The van der Waals surface area contributed by atoms with Crippen LogP contribution in [0.4, 0.5) is 0 Å². The Morgan fingerprint density at radius 1 is 0.786 bits per heavy atom. The largest absolute Gasteiger partial charge is 0.334 e. The number of amides is 1. The van der Waals surface area contributed by atoms with Crippen molar-refractivity contribution in [2.75, 3.05) is 5.75 Å². The Hall–Kier alpha value is -2.23. The Morgan fingerprint density at radius 3 is 1.86 bits per heavy atom. The van der Waals surface area contributed by atoms with Crippen LogP contribution in [0.25, 0.3) is 0 Å². The molecule has 3 rings (SSSR count). The summed E-state index contributed by atoms with van der Waals surface area (Å²) < 4.78 is 0. The highest BCUT2D eigenvalue weighted by atomic mass is 35.5. The zero-order valence-electron chi connectivity index (χ0n) is 15.8. The fourth-order valence-electron chi connectivity index (χ4n) is 2.94. The number of benzene rings is 3. The fourth-order valence-corrected chi connectivity index (χ4v) is 3.92. The number of rotatable bonds is 9. The van der Waals surface area contributed by atoms with Gasteiger partial charge in [0, 0.05) is 29.4 Å². The van der Waals surface area contributed by atoms with Crippen LogP contribution in [0.3, 0.4) is 0 Å². The minimum atomic E-state index is 0.199. The first-order chi connectivity index (χ1) is 13.7. The maximum atomic E-state index is 12.9. The first-order valence-electron chi connectivity index (χ1n) is 9.45. The number of carbonyl (C=O) groups excluding carboxylic acids is 1. The highest BCUT2D eigenvalue weighted by Crippen LogP contribution is 2.22. The molecule has 0 saturated heterocycles. The highest BCUT2D eigenvalue weighted by molar-refractivity contribution is 7.99. The summed E-state index contributed by atoms with van der Waals surface area (Å²) >= 11 is 7.68. The molecule has 0 bridgehead atoms. The lowest BCUT2D eigenvalue weighted by atomic mass is 10.1. The molecule has 0 aliphatic rings. The molecular formula is C24H24ClNOS. The summed E-state index contributed by atoms with van der Waals surface area (Å²) in [6.07, 6.45) is 1.41. The van der Waals surface area contributed by atoms with Crippen molar-refractivity contribution in [1.29, 1.82) is 0 Å². The van der Waals surface area contributed by atoms with Crippen LogP contribution in [0.5, 0.6) is 0 Å². The molecule has 0 radical (unpaired) electrons. The Morgan fingerprint density at radius 2 is 1.32 bits per heavy atom. The van der Waals surface area contributed by atoms with Gasteiger partial charge in [-0.2, -0.15) is 0 Å². The summed E-state index contributed by atoms with van der Waals surface area (Å²) in [4.78, 5) is 16.0. The molecule has 0 N–H and O–H groups in total. The number of halogens is 1. The number of nitrogens with zero attached hydrogens (tertiary/aromatic N) is 1. The third-order valence-electron chi connectivity index (χ3n) is 4.40. The normalized spacial score (nSPS) is 10.6. The van der Waals surface area contributed by atoms with Crippen LogP contribution in [0, 0.1) is 0 Å². The van der Waals surface area contributed by atoms with Crippen molar-refractivity contribution >= 4 is 29.3 Å². The Balaban J connectivity index is 1.55. The lowest BCUT2D eigenvalue weighted by Crippen LogP contribution is -2.30. The van der Waals surface area contributed by atoms with Crippen LogP contribution in [-0.2, 0) is 17.9 Å². The molecule has 2 nitrogen and oxygen atoms in total. The van der Waals surface area contributed by atoms with E-state index in [-0.39, 0.29) is 5.91 Å². The van der Waals surface area contributed by atoms with E-state index in [1.54, 1.807) is 11.8 Å². The second-order valence-corrected chi connectivity index (χ2v) is 8.23. The minimum absolute atomic E-state index is 0.199. The van der Waals surface area contributed by atoms with Crippen molar-refractivity contribution in [1.82, 2.24) is 4.90 Å². The van der Waals surface area contributed by atoms with Crippen molar-refractivity contribution in [2.45, 2.75) is 30.8 Å². The highest BCUT2D eigenvalue weighted by Gasteiger charge is 2.14. The molecule has 0 aromatic heterocycles. The van der Waals surface area contributed by atoms with E-state index in [9.17, 15) is 4.79 Å². The topological polar surface area (TPSA) is 20.3 Å². The van der Waals surface area contributed by atoms with E-state index in [1.807, 2.05) is 65.6 Å². The molecule has 0 fully saturated rings. The molecule has 0 aliphatic carbocycles. The molecule has 0 heterocycles. The molecule has 144 valence electrons. The minimum Gasteiger partial charge on any atom is -0.334 e. The van der Waals surface area contributed by atoms with Gasteiger partial charge in [0.15, 0.2) is 0 Å². The monoisotopic (exact) mass is 409 g/mol. The van der Waals surface area contributed by atoms with E-state index in [2.05, 4.69) is 24.3 Å². The molecule has 0 atom stereocenters. The van der Waals surface area contributed by atoms with Gasteiger partial charge in [0.2, 0.25) is 5.91 Å². The van der Waals surface area contributed by atoms with E-state index in [4.69, 9.17) is 11.6 Å². The van der Waals surface area contributed by atoms with E-state index >= 15 is 0 Å². The van der Waals surface area contributed by atoms with Crippen LogP contribution in [0.1, 0.15) is 24.0 Å². The Bertz CT molecular complexity index is 811. The van der Waals surface area contributed by atoms with Crippen LogP contribution >= 0.6 is 23.4 Å². The number of hydrogen-bond acceptors (Lipinski definition) is 2. The summed E-state index contributed by atoms with van der Waals surface area (Å²) in [5.74, 6) is 1.11. The van der Waals surface area contributed by atoms with Crippen LogP contribution < -0.4 is 0 Å². The second-order valence-electron chi connectivity index (χ2n) is 6.63. The van der Waals surface area contributed by atoms with Gasteiger partial charge in [0.1, 0.15) is 0 Å². The van der Waals surface area contributed by atoms with Crippen molar-refractivity contribution in [3.05, 3.63) is 101 Å². The third kappa shape index (κ3) is 6.74. The van der Waals surface area contributed by atoms with Gasteiger partial charge in [-0.25, -0.2) is 0 Å². The third-order valence-corrected chi connectivity index (χ3v) is 5.75. The molecule has 1 amide bonds. The maximum absolute atomic E-state index is 12.9. The van der Waals surface area contributed by atoms with Gasteiger partial charge in [-0.3, -0.25) is 4.79 Å². The second kappa shape index (κ2) is 10.9. The molecule has 0 aliphatic heterocycles. The van der Waals surface area contributed by atoms with E-state index < -0.39 is 0 Å². The van der Waals surface area contributed by atoms with Gasteiger partial charge in [0.25, 0.3) is 0 Å². The summed E-state index contributed by atoms with van der Waals surface area (Å²) in [6, 6.07) is 28.2. The smallest absolute Gasteiger partial charge is 0.223 e. The van der Waals surface area contributed by atoms with Gasteiger partial charge in [-0.05, 0) is 47.6 Å². The zero-order chi connectivity index (χ0) is 19.6. The molecule has 0 spiro atoms. The predicted molar refractivity (Wildman–Crippen MR) is 119 cm³/mol. The van der Waals surface area contributed by atoms with E-state index in [1.165, 1.54) is 4.90 Å². The Labute approximate surface area is 176 Å². The Kier molecular flexibility index (Phi) is 8.01. The first-order valence-corrected chi connectivity index (χ1v) is 10.8. The summed E-state index contributed by atoms with van der Waals surface area (Å²) in [6.45, 7) is 1.28. The lowest BCUT2D eigenvalue weighted by Gasteiger charge is -2.23. The van der Waals surface area contributed by atoms with Gasteiger partial charge < -0.3 is 4.90 Å². The maximum Gasteiger partial charge on any atom is 0.223 e. The molecule has 28 heavy (non-hydrogen) atoms. The first kappa shape index (κ1) is 20.5. The van der Waals surface area contributed by atoms with Gasteiger partial charge in [0.05, 0.1) is 0 Å². The van der Waals surface area contributed by atoms with Gasteiger partial charge >= 0.3 is 0 Å². The van der Waals surface area contributed by atoms with Crippen molar-refractivity contribution in [3.8, 4) is 0 Å². The molecule has 4 heteroatoms. The average Bonchev–Trinajstić information content (AvgIpc) is 2.73. The summed E-state index contributed by atoms with van der Waals surface area (Å²) in [5.41, 5.74) is 2.31. The van der Waals surface area contributed by atoms with E-state index in [0.29, 0.717) is 19.5 Å². The number of thioether (sulfide) groups is 1. The van der Waals surface area contributed by atoms with Crippen molar-refractivity contribution in [2.24, 2.45) is 0 Å². The van der Waals surface area contributed by atoms with Crippen LogP contribution in [0.15, 0.2) is 89.8 Å². The van der Waals surface area contributed by atoms with Gasteiger partial charge in [-0.15, -0.1) is 11.8 Å². The summed E-state index contributed by atoms with van der Waals surface area (Å²) in [5, 5.41) is 0.747. The van der Waals surface area contributed by atoms with E-state index in [0.717, 1.165) is 28.3 Å².